The molecule has 0 saturated heterocycles. The quantitative estimate of drug-likeness (QED) is 0.842. The van der Waals surface area contributed by atoms with Gasteiger partial charge < -0.3 is 5.32 Å². The van der Waals surface area contributed by atoms with Gasteiger partial charge in [0.05, 0.1) is 12.2 Å². The fraction of sp³-hybridized carbons (Fsp3) is 0.400. The van der Waals surface area contributed by atoms with E-state index in [0.717, 1.165) is 19.5 Å². The highest BCUT2D eigenvalue weighted by Crippen LogP contribution is 2.17. The van der Waals surface area contributed by atoms with E-state index in [2.05, 4.69) is 54.6 Å². The molecule has 0 atom stereocenters. The molecule has 2 rings (SSSR count). The first kappa shape index (κ1) is 12.7. The molecule has 1 heterocycles. The van der Waals surface area contributed by atoms with Crippen molar-refractivity contribution in [2.24, 2.45) is 0 Å². The Balaban J connectivity index is 2.06. The molecule has 3 nitrogen and oxygen atoms in total. The summed E-state index contributed by atoms with van der Waals surface area (Å²) in [7, 11) is 0. The molecule has 1 aromatic carbocycles. The van der Waals surface area contributed by atoms with Gasteiger partial charge in [-0.25, -0.2) is 0 Å². The van der Waals surface area contributed by atoms with E-state index in [9.17, 15) is 0 Å². The predicted octanol–water partition coefficient (Wildman–Crippen LogP) is 3.47. The first-order valence-electron chi connectivity index (χ1n) is 6.67. The summed E-state index contributed by atoms with van der Waals surface area (Å²) < 4.78 is 2.02. The Bertz CT molecular complexity index is 488. The van der Waals surface area contributed by atoms with Crippen molar-refractivity contribution in [1.82, 2.24) is 9.78 Å². The number of para-hydroxylation sites is 1. The molecule has 0 unspecified atom stereocenters. The number of aryl methyl sites for hydroxylation is 2. The van der Waals surface area contributed by atoms with Crippen LogP contribution >= 0.6 is 0 Å². The molecular formula is C15H21N3. The SMILES string of the molecule is CCCc1ccccc1NCc1ccnn1CC. The Hall–Kier alpha value is -1.77. The third-order valence-corrected chi connectivity index (χ3v) is 3.10. The van der Waals surface area contributed by atoms with Crippen molar-refractivity contribution in [3.8, 4) is 0 Å². The Morgan fingerprint density at radius 2 is 2.00 bits per heavy atom. The molecule has 18 heavy (non-hydrogen) atoms. The average molecular weight is 243 g/mol. The van der Waals surface area contributed by atoms with Crippen LogP contribution in [0.1, 0.15) is 31.5 Å². The van der Waals surface area contributed by atoms with Crippen LogP contribution in [0.25, 0.3) is 0 Å². The first-order valence-corrected chi connectivity index (χ1v) is 6.67. The third-order valence-electron chi connectivity index (χ3n) is 3.10. The summed E-state index contributed by atoms with van der Waals surface area (Å²) in [6.07, 6.45) is 4.15. The molecule has 0 spiro atoms. The minimum atomic E-state index is 0.828. The minimum absolute atomic E-state index is 0.828. The van der Waals surface area contributed by atoms with Crippen LogP contribution in [0.3, 0.4) is 0 Å². The fourth-order valence-electron chi connectivity index (χ4n) is 2.16. The van der Waals surface area contributed by atoms with Gasteiger partial charge in [-0.05, 0) is 31.0 Å². The van der Waals surface area contributed by atoms with Crippen LogP contribution < -0.4 is 5.32 Å². The molecular weight excluding hydrogens is 222 g/mol. The van der Waals surface area contributed by atoms with Gasteiger partial charge >= 0.3 is 0 Å². The fourth-order valence-corrected chi connectivity index (χ4v) is 2.16. The molecule has 3 heteroatoms. The summed E-state index contributed by atoms with van der Waals surface area (Å²) in [5, 5.41) is 7.80. The number of hydrogen-bond acceptors (Lipinski definition) is 2. The standard InChI is InChI=1S/C15H21N3/c1-3-7-13-8-5-6-9-15(13)16-12-14-10-11-17-18(14)4-2/h5-6,8-11,16H,3-4,7,12H2,1-2H3. The zero-order chi connectivity index (χ0) is 12.8. The Labute approximate surface area is 109 Å². The largest absolute Gasteiger partial charge is 0.379 e. The Morgan fingerprint density at radius 1 is 1.17 bits per heavy atom. The Kier molecular flexibility index (Phi) is 4.40. The molecule has 0 aliphatic heterocycles. The number of hydrogen-bond donors (Lipinski definition) is 1. The van der Waals surface area contributed by atoms with Crippen LogP contribution in [-0.4, -0.2) is 9.78 Å². The second-order valence-corrected chi connectivity index (χ2v) is 4.40. The highest BCUT2D eigenvalue weighted by Gasteiger charge is 2.03. The van der Waals surface area contributed by atoms with Gasteiger partial charge in [-0.15, -0.1) is 0 Å². The lowest BCUT2D eigenvalue weighted by atomic mass is 10.1. The number of nitrogens with zero attached hydrogens (tertiary/aromatic N) is 2. The molecule has 0 fully saturated rings. The summed E-state index contributed by atoms with van der Waals surface area (Å²) in [5.41, 5.74) is 3.86. The van der Waals surface area contributed by atoms with Crippen molar-refractivity contribution in [3.05, 3.63) is 47.8 Å². The topological polar surface area (TPSA) is 29.9 Å². The van der Waals surface area contributed by atoms with E-state index in [1.807, 2.05) is 10.9 Å². The molecule has 0 saturated carbocycles. The predicted molar refractivity (Wildman–Crippen MR) is 75.7 cm³/mol. The van der Waals surface area contributed by atoms with E-state index in [0.29, 0.717) is 0 Å². The van der Waals surface area contributed by atoms with Crippen molar-refractivity contribution in [1.29, 1.82) is 0 Å². The molecule has 96 valence electrons. The lowest BCUT2D eigenvalue weighted by Crippen LogP contribution is -2.08. The summed E-state index contributed by atoms with van der Waals surface area (Å²) in [6.45, 7) is 6.07. The highest BCUT2D eigenvalue weighted by atomic mass is 15.3. The van der Waals surface area contributed by atoms with Crippen LogP contribution in [0.4, 0.5) is 5.69 Å². The normalized spacial score (nSPS) is 10.6. The van der Waals surface area contributed by atoms with Crippen LogP contribution in [0.2, 0.25) is 0 Å². The van der Waals surface area contributed by atoms with Gasteiger partial charge in [0.2, 0.25) is 0 Å². The highest BCUT2D eigenvalue weighted by molar-refractivity contribution is 5.51. The van der Waals surface area contributed by atoms with E-state index < -0.39 is 0 Å². The third kappa shape index (κ3) is 2.92. The van der Waals surface area contributed by atoms with Crippen molar-refractivity contribution < 1.29 is 0 Å². The maximum absolute atomic E-state index is 4.28. The molecule has 0 bridgehead atoms. The zero-order valence-corrected chi connectivity index (χ0v) is 11.2. The van der Waals surface area contributed by atoms with Gasteiger partial charge in [0.1, 0.15) is 0 Å². The lowest BCUT2D eigenvalue weighted by Gasteiger charge is -2.12. The van der Waals surface area contributed by atoms with Crippen molar-refractivity contribution in [2.75, 3.05) is 5.32 Å². The molecule has 0 aliphatic rings. The summed E-state index contributed by atoms with van der Waals surface area (Å²) in [4.78, 5) is 0. The maximum atomic E-state index is 4.28. The van der Waals surface area contributed by atoms with E-state index in [1.54, 1.807) is 0 Å². The Morgan fingerprint density at radius 3 is 2.78 bits per heavy atom. The van der Waals surface area contributed by atoms with Crippen molar-refractivity contribution in [2.45, 2.75) is 39.8 Å². The summed E-state index contributed by atoms with van der Waals surface area (Å²) >= 11 is 0. The number of rotatable bonds is 6. The lowest BCUT2D eigenvalue weighted by molar-refractivity contribution is 0.627. The molecule has 1 aromatic heterocycles. The molecule has 0 amide bonds. The number of aromatic nitrogens is 2. The maximum Gasteiger partial charge on any atom is 0.0575 e. The number of benzene rings is 1. The van der Waals surface area contributed by atoms with E-state index in [4.69, 9.17) is 0 Å². The molecule has 0 aliphatic carbocycles. The number of nitrogens with one attached hydrogen (secondary N) is 1. The minimum Gasteiger partial charge on any atom is -0.379 e. The van der Waals surface area contributed by atoms with Crippen LogP contribution in [0, 0.1) is 0 Å². The summed E-state index contributed by atoms with van der Waals surface area (Å²) in [6, 6.07) is 10.6. The number of anilines is 1. The van der Waals surface area contributed by atoms with Gasteiger partial charge in [-0.1, -0.05) is 31.5 Å². The van der Waals surface area contributed by atoms with Gasteiger partial charge in [0.25, 0.3) is 0 Å². The smallest absolute Gasteiger partial charge is 0.0575 e. The average Bonchev–Trinajstić information content (AvgIpc) is 2.85. The van der Waals surface area contributed by atoms with Crippen LogP contribution in [0.15, 0.2) is 36.5 Å². The van der Waals surface area contributed by atoms with E-state index in [-0.39, 0.29) is 0 Å². The molecule has 2 aromatic rings. The van der Waals surface area contributed by atoms with Crippen molar-refractivity contribution >= 4 is 5.69 Å². The van der Waals surface area contributed by atoms with Crippen LogP contribution in [-0.2, 0) is 19.5 Å². The van der Waals surface area contributed by atoms with Crippen molar-refractivity contribution in [3.63, 3.8) is 0 Å². The molecule has 1 N–H and O–H groups in total. The second kappa shape index (κ2) is 6.24. The van der Waals surface area contributed by atoms with E-state index >= 15 is 0 Å². The zero-order valence-electron chi connectivity index (χ0n) is 11.2. The second-order valence-electron chi connectivity index (χ2n) is 4.40. The first-order chi connectivity index (χ1) is 8.85. The van der Waals surface area contributed by atoms with Gasteiger partial charge in [0.15, 0.2) is 0 Å². The van der Waals surface area contributed by atoms with Gasteiger partial charge in [-0.3, -0.25) is 4.68 Å². The van der Waals surface area contributed by atoms with Gasteiger partial charge in [0, 0.05) is 18.4 Å². The van der Waals surface area contributed by atoms with Gasteiger partial charge in [-0.2, -0.15) is 5.10 Å². The monoisotopic (exact) mass is 243 g/mol. The molecule has 0 radical (unpaired) electrons. The van der Waals surface area contributed by atoms with E-state index in [1.165, 1.54) is 23.4 Å². The van der Waals surface area contributed by atoms with Crippen LogP contribution in [0.5, 0.6) is 0 Å². The summed E-state index contributed by atoms with van der Waals surface area (Å²) in [5.74, 6) is 0.